The molecule has 25 heavy (non-hydrogen) atoms. The summed E-state index contributed by atoms with van der Waals surface area (Å²) >= 11 is 11.8. The number of hydrogen-bond acceptors (Lipinski definition) is 4. The highest BCUT2D eigenvalue weighted by atomic mass is 35.5. The first-order valence-electron chi connectivity index (χ1n) is 7.72. The van der Waals surface area contributed by atoms with E-state index >= 15 is 0 Å². The van der Waals surface area contributed by atoms with E-state index in [0.717, 1.165) is 5.56 Å². The van der Waals surface area contributed by atoms with Crippen molar-refractivity contribution in [3.05, 3.63) is 58.1 Å². The number of benzene rings is 2. The van der Waals surface area contributed by atoms with Crippen LogP contribution in [-0.4, -0.2) is 18.2 Å². The maximum absolute atomic E-state index is 11.8. The molecule has 0 aliphatic carbocycles. The van der Waals surface area contributed by atoms with Gasteiger partial charge in [0.1, 0.15) is 5.75 Å². The SMILES string of the molecule is C/C(=N/NC(=O)CCCOc1ccc(Cl)cc1Cl)c1cccc(N)c1. The van der Waals surface area contributed by atoms with Crippen LogP contribution < -0.4 is 15.9 Å². The van der Waals surface area contributed by atoms with Crippen molar-refractivity contribution in [1.29, 1.82) is 0 Å². The molecule has 0 saturated carbocycles. The lowest BCUT2D eigenvalue weighted by atomic mass is 10.1. The molecule has 0 saturated heterocycles. The second-order valence-electron chi connectivity index (χ2n) is 5.38. The molecule has 2 rings (SSSR count). The third-order valence-electron chi connectivity index (χ3n) is 3.35. The van der Waals surface area contributed by atoms with Crippen LogP contribution in [0.3, 0.4) is 0 Å². The van der Waals surface area contributed by atoms with Crippen LogP contribution in [0.5, 0.6) is 5.75 Å². The monoisotopic (exact) mass is 379 g/mol. The molecule has 0 fully saturated rings. The molecule has 0 spiro atoms. The van der Waals surface area contributed by atoms with E-state index in [1.165, 1.54) is 0 Å². The topological polar surface area (TPSA) is 76.7 Å². The number of carbonyl (C=O) groups is 1. The van der Waals surface area contributed by atoms with Crippen LogP contribution in [0.1, 0.15) is 25.3 Å². The first kappa shape index (κ1) is 19.1. The fourth-order valence-corrected chi connectivity index (χ4v) is 2.50. The van der Waals surface area contributed by atoms with Gasteiger partial charge in [0.25, 0.3) is 0 Å². The van der Waals surface area contributed by atoms with Gasteiger partial charge in [-0.3, -0.25) is 4.79 Å². The minimum Gasteiger partial charge on any atom is -0.492 e. The van der Waals surface area contributed by atoms with Crippen molar-refractivity contribution in [2.24, 2.45) is 5.10 Å². The summed E-state index contributed by atoms with van der Waals surface area (Å²) in [5, 5.41) is 5.07. The second kappa shape index (κ2) is 9.30. The van der Waals surface area contributed by atoms with Crippen molar-refractivity contribution in [3.8, 4) is 5.75 Å². The van der Waals surface area contributed by atoms with Crippen molar-refractivity contribution in [3.63, 3.8) is 0 Å². The number of hydrogen-bond donors (Lipinski definition) is 2. The van der Waals surface area contributed by atoms with Gasteiger partial charge in [0.05, 0.1) is 17.3 Å². The third kappa shape index (κ3) is 6.29. The molecule has 2 aromatic carbocycles. The summed E-state index contributed by atoms with van der Waals surface area (Å²) in [5.74, 6) is 0.357. The molecule has 0 heterocycles. The molecule has 0 radical (unpaired) electrons. The molecule has 0 aromatic heterocycles. The molecular formula is C18H19Cl2N3O2. The summed E-state index contributed by atoms with van der Waals surface area (Å²) in [6.07, 6.45) is 0.830. The molecular weight excluding hydrogens is 361 g/mol. The number of nitrogens with zero attached hydrogens (tertiary/aromatic N) is 1. The summed E-state index contributed by atoms with van der Waals surface area (Å²) in [4.78, 5) is 11.8. The number of ether oxygens (including phenoxy) is 1. The van der Waals surface area contributed by atoms with Crippen LogP contribution >= 0.6 is 23.2 Å². The number of carbonyl (C=O) groups excluding carboxylic acids is 1. The second-order valence-corrected chi connectivity index (χ2v) is 6.23. The largest absolute Gasteiger partial charge is 0.492 e. The van der Waals surface area contributed by atoms with Crippen molar-refractivity contribution in [2.75, 3.05) is 12.3 Å². The minimum absolute atomic E-state index is 0.186. The van der Waals surface area contributed by atoms with Crippen LogP contribution in [-0.2, 0) is 4.79 Å². The summed E-state index contributed by atoms with van der Waals surface area (Å²) in [6.45, 7) is 2.17. The van der Waals surface area contributed by atoms with E-state index in [-0.39, 0.29) is 5.91 Å². The number of nitrogens with one attached hydrogen (secondary N) is 1. The highest BCUT2D eigenvalue weighted by molar-refractivity contribution is 6.35. The lowest BCUT2D eigenvalue weighted by Gasteiger charge is -2.08. The summed E-state index contributed by atoms with van der Waals surface area (Å²) in [5.41, 5.74) is 10.5. The Morgan fingerprint density at radius 2 is 2.04 bits per heavy atom. The van der Waals surface area contributed by atoms with Crippen LogP contribution in [0.15, 0.2) is 47.6 Å². The number of anilines is 1. The first-order valence-corrected chi connectivity index (χ1v) is 8.48. The Kier molecular flexibility index (Phi) is 7.10. The molecule has 2 aromatic rings. The van der Waals surface area contributed by atoms with Gasteiger partial charge in [0.15, 0.2) is 0 Å². The van der Waals surface area contributed by atoms with Gasteiger partial charge in [-0.05, 0) is 49.2 Å². The Balaban J connectivity index is 1.74. The van der Waals surface area contributed by atoms with E-state index < -0.39 is 0 Å². The number of halogens is 2. The fraction of sp³-hybridized carbons (Fsp3) is 0.222. The fourth-order valence-electron chi connectivity index (χ4n) is 2.04. The van der Waals surface area contributed by atoms with E-state index in [9.17, 15) is 4.79 Å². The number of nitrogens with two attached hydrogens (primary N) is 1. The average molecular weight is 380 g/mol. The van der Waals surface area contributed by atoms with E-state index in [1.54, 1.807) is 37.3 Å². The van der Waals surface area contributed by atoms with Gasteiger partial charge in [-0.15, -0.1) is 0 Å². The molecule has 132 valence electrons. The number of amides is 1. The maximum atomic E-state index is 11.8. The normalized spacial score (nSPS) is 11.2. The molecule has 0 atom stereocenters. The predicted molar refractivity (Wildman–Crippen MR) is 102 cm³/mol. The zero-order valence-electron chi connectivity index (χ0n) is 13.8. The predicted octanol–water partition coefficient (Wildman–Crippen LogP) is 4.28. The summed E-state index contributed by atoms with van der Waals surface area (Å²) in [7, 11) is 0. The molecule has 5 nitrogen and oxygen atoms in total. The zero-order valence-corrected chi connectivity index (χ0v) is 15.3. The lowest BCUT2D eigenvalue weighted by molar-refractivity contribution is -0.121. The van der Waals surface area contributed by atoms with Crippen molar-refractivity contribution in [2.45, 2.75) is 19.8 Å². The van der Waals surface area contributed by atoms with Crippen molar-refractivity contribution >= 4 is 40.5 Å². The van der Waals surface area contributed by atoms with Gasteiger partial charge >= 0.3 is 0 Å². The van der Waals surface area contributed by atoms with E-state index in [1.807, 2.05) is 12.1 Å². The molecule has 0 aliphatic heterocycles. The Labute approximate surface area is 156 Å². The Bertz CT molecular complexity index is 779. The summed E-state index contributed by atoms with van der Waals surface area (Å²) < 4.78 is 5.53. The van der Waals surface area contributed by atoms with Crippen molar-refractivity contribution < 1.29 is 9.53 Å². The smallest absolute Gasteiger partial charge is 0.240 e. The third-order valence-corrected chi connectivity index (χ3v) is 3.88. The van der Waals surface area contributed by atoms with Gasteiger partial charge in [0.2, 0.25) is 5.91 Å². The van der Waals surface area contributed by atoms with E-state index in [4.69, 9.17) is 33.7 Å². The van der Waals surface area contributed by atoms with E-state index in [2.05, 4.69) is 10.5 Å². The standard InChI is InChI=1S/C18H19Cl2N3O2/c1-12(13-4-2-5-15(21)10-13)22-23-18(24)6-3-9-25-17-8-7-14(19)11-16(17)20/h2,4-5,7-8,10-11H,3,6,9,21H2,1H3,(H,23,24)/b22-12-. The maximum Gasteiger partial charge on any atom is 0.240 e. The van der Waals surface area contributed by atoms with Gasteiger partial charge in [-0.2, -0.15) is 5.10 Å². The number of rotatable bonds is 7. The van der Waals surface area contributed by atoms with Gasteiger partial charge in [0, 0.05) is 17.1 Å². The first-order chi connectivity index (χ1) is 12.0. The molecule has 1 amide bonds. The van der Waals surface area contributed by atoms with Crippen LogP contribution in [0, 0.1) is 0 Å². The van der Waals surface area contributed by atoms with Crippen molar-refractivity contribution in [1.82, 2.24) is 5.43 Å². The van der Waals surface area contributed by atoms with Gasteiger partial charge in [-0.25, -0.2) is 5.43 Å². The Morgan fingerprint density at radius 3 is 2.76 bits per heavy atom. The number of nitrogen functional groups attached to an aromatic ring is 1. The zero-order chi connectivity index (χ0) is 18.2. The Hall–Kier alpha value is -2.24. The molecule has 0 unspecified atom stereocenters. The molecule has 7 heteroatoms. The molecule has 0 bridgehead atoms. The van der Waals surface area contributed by atoms with Crippen LogP contribution in [0.25, 0.3) is 0 Å². The van der Waals surface area contributed by atoms with E-state index in [0.29, 0.717) is 46.6 Å². The van der Waals surface area contributed by atoms with Crippen LogP contribution in [0.2, 0.25) is 10.0 Å². The van der Waals surface area contributed by atoms with Gasteiger partial charge < -0.3 is 10.5 Å². The summed E-state index contributed by atoms with van der Waals surface area (Å²) in [6, 6.07) is 12.3. The van der Waals surface area contributed by atoms with Crippen LogP contribution in [0.4, 0.5) is 5.69 Å². The average Bonchev–Trinajstić information content (AvgIpc) is 2.58. The minimum atomic E-state index is -0.186. The molecule has 0 aliphatic rings. The highest BCUT2D eigenvalue weighted by Crippen LogP contribution is 2.27. The highest BCUT2D eigenvalue weighted by Gasteiger charge is 2.05. The van der Waals surface area contributed by atoms with Gasteiger partial charge in [-0.1, -0.05) is 35.3 Å². The quantitative estimate of drug-likeness (QED) is 0.326. The Morgan fingerprint density at radius 1 is 1.24 bits per heavy atom. The number of hydrazone groups is 1. The molecule has 3 N–H and O–H groups in total. The lowest BCUT2D eigenvalue weighted by Crippen LogP contribution is -2.19.